The number of allylic oxidation sites excluding steroid dienone is 1. The lowest BCUT2D eigenvalue weighted by Crippen LogP contribution is -2.23. The van der Waals surface area contributed by atoms with Gasteiger partial charge in [-0.2, -0.15) is 4.98 Å². The summed E-state index contributed by atoms with van der Waals surface area (Å²) >= 11 is 3.30. The Labute approximate surface area is 200 Å². The number of thiophene rings is 1. The van der Waals surface area contributed by atoms with Gasteiger partial charge in [-0.05, 0) is 49.8 Å². The maximum atomic E-state index is 13.4. The van der Waals surface area contributed by atoms with Crippen LogP contribution in [-0.4, -0.2) is 30.4 Å². The average molecular weight is 480 g/mol. The van der Waals surface area contributed by atoms with Crippen molar-refractivity contribution in [1.29, 1.82) is 0 Å². The van der Waals surface area contributed by atoms with E-state index in [-0.39, 0.29) is 5.56 Å². The lowest BCUT2D eigenvalue weighted by molar-refractivity contribution is 0.378. The van der Waals surface area contributed by atoms with Gasteiger partial charge in [0.15, 0.2) is 5.16 Å². The molecule has 0 amide bonds. The van der Waals surface area contributed by atoms with E-state index < -0.39 is 0 Å². The molecule has 0 bridgehead atoms. The Morgan fingerprint density at radius 2 is 2.03 bits per heavy atom. The molecule has 1 aliphatic carbocycles. The largest absolute Gasteiger partial charge is 0.339 e. The Hall–Kier alpha value is -2.78. The van der Waals surface area contributed by atoms with Gasteiger partial charge in [0.25, 0.3) is 5.56 Å². The zero-order valence-corrected chi connectivity index (χ0v) is 20.0. The van der Waals surface area contributed by atoms with E-state index in [9.17, 15) is 4.79 Å². The van der Waals surface area contributed by atoms with Crippen LogP contribution in [0.2, 0.25) is 0 Å². The molecule has 0 atom stereocenters. The number of fused-ring (bicyclic) bond motifs is 3. The van der Waals surface area contributed by atoms with Crippen LogP contribution >= 0.6 is 23.1 Å². The van der Waals surface area contributed by atoms with Gasteiger partial charge in [-0.25, -0.2) is 4.98 Å². The highest BCUT2D eigenvalue weighted by atomic mass is 32.2. The van der Waals surface area contributed by atoms with E-state index in [1.807, 2.05) is 12.1 Å². The van der Waals surface area contributed by atoms with Gasteiger partial charge in [0.1, 0.15) is 4.83 Å². The van der Waals surface area contributed by atoms with Crippen LogP contribution in [0, 0.1) is 0 Å². The number of hydrogen-bond acceptors (Lipinski definition) is 8. The Balaban J connectivity index is 1.30. The minimum absolute atomic E-state index is 0.0701. The Kier molecular flexibility index (Phi) is 6.68. The first-order chi connectivity index (χ1) is 16.2. The molecule has 1 aliphatic rings. The molecular weight excluding hydrogens is 454 g/mol. The first-order valence-corrected chi connectivity index (χ1v) is 13.1. The van der Waals surface area contributed by atoms with Crippen molar-refractivity contribution in [3.05, 3.63) is 63.9 Å². The molecule has 0 fully saturated rings. The van der Waals surface area contributed by atoms with Crippen molar-refractivity contribution in [2.45, 2.75) is 56.6 Å². The van der Waals surface area contributed by atoms with E-state index in [1.165, 1.54) is 23.3 Å². The van der Waals surface area contributed by atoms with Crippen LogP contribution in [0.15, 0.2) is 51.7 Å². The molecule has 0 spiro atoms. The van der Waals surface area contributed by atoms with Crippen LogP contribution in [0.25, 0.3) is 21.6 Å². The van der Waals surface area contributed by atoms with E-state index in [2.05, 4.69) is 21.7 Å². The maximum Gasteiger partial charge on any atom is 0.263 e. The second kappa shape index (κ2) is 10.0. The fraction of sp³-hybridized carbons (Fsp3) is 0.375. The normalized spacial score (nSPS) is 13.7. The molecule has 0 aromatic carbocycles. The average Bonchev–Trinajstić information content (AvgIpc) is 3.38. The number of pyridine rings is 1. The van der Waals surface area contributed by atoms with E-state index in [1.54, 1.807) is 46.1 Å². The standard InChI is InChI=1S/C24H25N5O2S2/c1-2-14-29-23(30)20-17-7-4-3-5-8-18(17)33-22(20)27-24(29)32-15-6-9-19-26-21(28-31-19)16-10-12-25-13-11-16/h2,10-13H,1,3-9,14-15H2. The van der Waals surface area contributed by atoms with Crippen LogP contribution in [0.1, 0.15) is 42.0 Å². The molecule has 4 aromatic heterocycles. The number of nitrogens with zero attached hydrogens (tertiary/aromatic N) is 5. The quantitative estimate of drug-likeness (QED) is 0.114. The molecule has 5 rings (SSSR count). The first kappa shape index (κ1) is 22.0. The van der Waals surface area contributed by atoms with Crippen molar-refractivity contribution in [2.24, 2.45) is 0 Å². The van der Waals surface area contributed by atoms with Gasteiger partial charge in [-0.1, -0.05) is 29.4 Å². The Morgan fingerprint density at radius 3 is 2.88 bits per heavy atom. The smallest absolute Gasteiger partial charge is 0.263 e. The summed E-state index contributed by atoms with van der Waals surface area (Å²) in [5.74, 6) is 1.98. The van der Waals surface area contributed by atoms with Crippen molar-refractivity contribution in [3.8, 4) is 11.4 Å². The highest BCUT2D eigenvalue weighted by molar-refractivity contribution is 7.99. The molecular formula is C24H25N5O2S2. The van der Waals surface area contributed by atoms with E-state index in [4.69, 9.17) is 9.51 Å². The Bertz CT molecular complexity index is 1330. The number of hydrogen-bond donors (Lipinski definition) is 0. The van der Waals surface area contributed by atoms with E-state index in [0.717, 1.165) is 52.4 Å². The molecule has 0 aliphatic heterocycles. The maximum absolute atomic E-state index is 13.4. The summed E-state index contributed by atoms with van der Waals surface area (Å²) in [5, 5.41) is 5.65. The van der Waals surface area contributed by atoms with Crippen LogP contribution in [-0.2, 0) is 25.8 Å². The summed E-state index contributed by atoms with van der Waals surface area (Å²) in [6.07, 6.45) is 12.3. The summed E-state index contributed by atoms with van der Waals surface area (Å²) in [5.41, 5.74) is 2.19. The van der Waals surface area contributed by atoms with E-state index >= 15 is 0 Å². The highest BCUT2D eigenvalue weighted by Crippen LogP contribution is 2.34. The summed E-state index contributed by atoms with van der Waals surface area (Å²) in [7, 11) is 0. The van der Waals surface area contributed by atoms with Gasteiger partial charge >= 0.3 is 0 Å². The number of aryl methyl sites for hydroxylation is 3. The molecule has 0 radical (unpaired) electrons. The highest BCUT2D eigenvalue weighted by Gasteiger charge is 2.21. The minimum Gasteiger partial charge on any atom is -0.339 e. The van der Waals surface area contributed by atoms with E-state index in [0.29, 0.717) is 24.7 Å². The van der Waals surface area contributed by atoms with Crippen LogP contribution < -0.4 is 5.56 Å². The predicted octanol–water partition coefficient (Wildman–Crippen LogP) is 5.08. The second-order valence-electron chi connectivity index (χ2n) is 8.04. The summed E-state index contributed by atoms with van der Waals surface area (Å²) in [6, 6.07) is 3.71. The van der Waals surface area contributed by atoms with Crippen LogP contribution in [0.4, 0.5) is 0 Å². The van der Waals surface area contributed by atoms with Crippen molar-refractivity contribution < 1.29 is 4.52 Å². The van der Waals surface area contributed by atoms with Crippen molar-refractivity contribution in [1.82, 2.24) is 24.7 Å². The molecule has 0 saturated heterocycles. The topological polar surface area (TPSA) is 86.7 Å². The SMILES string of the molecule is C=CCn1c(SCCCc2nc(-c3ccncc3)no2)nc2sc3c(c2c1=O)CCCCC3. The molecule has 4 heterocycles. The predicted molar refractivity (Wildman–Crippen MR) is 132 cm³/mol. The second-order valence-corrected chi connectivity index (χ2v) is 10.2. The summed E-state index contributed by atoms with van der Waals surface area (Å²) in [4.78, 5) is 29.0. The van der Waals surface area contributed by atoms with Gasteiger partial charge in [0, 0.05) is 41.6 Å². The van der Waals surface area contributed by atoms with Gasteiger partial charge in [0.2, 0.25) is 11.7 Å². The molecule has 7 nitrogen and oxygen atoms in total. The third kappa shape index (κ3) is 4.65. The van der Waals surface area contributed by atoms with Crippen molar-refractivity contribution in [2.75, 3.05) is 5.75 Å². The van der Waals surface area contributed by atoms with Gasteiger partial charge < -0.3 is 4.52 Å². The van der Waals surface area contributed by atoms with Crippen molar-refractivity contribution in [3.63, 3.8) is 0 Å². The number of rotatable bonds is 8. The Morgan fingerprint density at radius 1 is 1.18 bits per heavy atom. The number of thioether (sulfide) groups is 1. The molecule has 0 unspecified atom stereocenters. The summed E-state index contributed by atoms with van der Waals surface area (Å²) < 4.78 is 7.16. The van der Waals surface area contributed by atoms with Crippen molar-refractivity contribution >= 4 is 33.3 Å². The van der Waals surface area contributed by atoms with Gasteiger partial charge in [-0.3, -0.25) is 14.3 Å². The van der Waals surface area contributed by atoms with Gasteiger partial charge in [-0.15, -0.1) is 17.9 Å². The summed E-state index contributed by atoms with van der Waals surface area (Å²) in [6.45, 7) is 4.31. The third-order valence-electron chi connectivity index (χ3n) is 5.77. The molecule has 9 heteroatoms. The minimum atomic E-state index is 0.0701. The lowest BCUT2D eigenvalue weighted by Gasteiger charge is -2.10. The first-order valence-electron chi connectivity index (χ1n) is 11.3. The molecule has 0 saturated carbocycles. The molecule has 170 valence electrons. The fourth-order valence-corrected chi connectivity index (χ4v) is 6.41. The molecule has 0 N–H and O–H groups in total. The van der Waals surface area contributed by atoms with Crippen LogP contribution in [0.5, 0.6) is 0 Å². The molecule has 33 heavy (non-hydrogen) atoms. The zero-order valence-electron chi connectivity index (χ0n) is 18.3. The van der Waals surface area contributed by atoms with Crippen LogP contribution in [0.3, 0.4) is 0 Å². The zero-order chi connectivity index (χ0) is 22.6. The van der Waals surface area contributed by atoms with Gasteiger partial charge in [0.05, 0.1) is 5.39 Å². The molecule has 4 aromatic rings. The monoisotopic (exact) mass is 479 g/mol. The lowest BCUT2D eigenvalue weighted by atomic mass is 10.1. The fourth-order valence-electron chi connectivity index (χ4n) is 4.16. The third-order valence-corrected chi connectivity index (χ3v) is 8.02. The number of aromatic nitrogens is 5.